The van der Waals surface area contributed by atoms with E-state index < -0.39 is 23.7 Å². The zero-order chi connectivity index (χ0) is 26.5. The van der Waals surface area contributed by atoms with Gasteiger partial charge in [-0.3, -0.25) is 19.0 Å². The molecule has 0 bridgehead atoms. The number of carbonyl (C=O) groups excluding carboxylic acids is 2. The van der Waals surface area contributed by atoms with Gasteiger partial charge in [0.25, 0.3) is 11.8 Å². The first-order chi connectivity index (χ1) is 17.5. The Bertz CT molecular complexity index is 1650. The summed E-state index contributed by atoms with van der Waals surface area (Å²) in [6, 6.07) is 5.38. The quantitative estimate of drug-likeness (QED) is 0.357. The molecular weight excluding hydrogens is 511 g/mol. The predicted octanol–water partition coefficient (Wildman–Crippen LogP) is 3.76. The minimum absolute atomic E-state index is 0.0226. The number of nitrogens with zero attached hydrogens (tertiary/aromatic N) is 7. The maximum atomic E-state index is 13.8. The van der Waals surface area contributed by atoms with E-state index in [4.69, 9.17) is 0 Å². The molecule has 11 nitrogen and oxygen atoms in total. The second kappa shape index (κ2) is 8.85. The van der Waals surface area contributed by atoms with Gasteiger partial charge < -0.3 is 10.6 Å². The van der Waals surface area contributed by atoms with Gasteiger partial charge in [0.05, 0.1) is 40.0 Å². The fourth-order valence-corrected chi connectivity index (χ4v) is 4.31. The lowest BCUT2D eigenvalue weighted by Crippen LogP contribution is -2.21. The van der Waals surface area contributed by atoms with Crippen molar-refractivity contribution in [2.45, 2.75) is 13.1 Å². The third-order valence-corrected chi connectivity index (χ3v) is 6.50. The Hall–Kier alpha value is -4.53. The van der Waals surface area contributed by atoms with Crippen LogP contribution >= 0.6 is 11.3 Å². The van der Waals surface area contributed by atoms with Crippen LogP contribution in [0.25, 0.3) is 16.2 Å². The highest BCUT2D eigenvalue weighted by Gasteiger charge is 2.36. The van der Waals surface area contributed by atoms with Gasteiger partial charge in [0, 0.05) is 20.2 Å². The second-order valence-corrected chi connectivity index (χ2v) is 8.95. The summed E-state index contributed by atoms with van der Waals surface area (Å²) in [4.78, 5) is 30.7. The maximum Gasteiger partial charge on any atom is 0.433 e. The average molecular weight is 530 g/mol. The second-order valence-electron chi connectivity index (χ2n) is 8.01. The molecule has 0 saturated heterocycles. The summed E-state index contributed by atoms with van der Waals surface area (Å²) >= 11 is 1.24. The number of thiophene rings is 1. The summed E-state index contributed by atoms with van der Waals surface area (Å²) in [5, 5.41) is 18.9. The van der Waals surface area contributed by atoms with Gasteiger partial charge in [0.1, 0.15) is 5.69 Å². The monoisotopic (exact) mass is 529 g/mol. The van der Waals surface area contributed by atoms with E-state index in [0.29, 0.717) is 20.8 Å². The molecule has 0 saturated carbocycles. The highest BCUT2D eigenvalue weighted by atomic mass is 32.1. The van der Waals surface area contributed by atoms with E-state index in [1.165, 1.54) is 35.5 Å². The number of alkyl halides is 3. The Morgan fingerprint density at radius 1 is 1.00 bits per heavy atom. The summed E-state index contributed by atoms with van der Waals surface area (Å²) in [5.74, 6) is -1.40. The van der Waals surface area contributed by atoms with Gasteiger partial charge in [-0.1, -0.05) is 6.07 Å². The van der Waals surface area contributed by atoms with Gasteiger partial charge in [-0.25, -0.2) is 9.50 Å². The molecule has 15 heteroatoms. The van der Waals surface area contributed by atoms with E-state index in [-0.39, 0.29) is 28.4 Å². The van der Waals surface area contributed by atoms with Crippen LogP contribution < -0.4 is 10.6 Å². The number of aromatic nitrogens is 7. The smallest absolute Gasteiger partial charge is 0.318 e. The SMILES string of the molecule is Cc1c(NC(=O)c2c(NC(=O)c3cc4nc(-c5cccs5)cc(C(F)(F)F)n4n3)cnn2C)cnn1C. The molecule has 0 aliphatic carbocycles. The topological polar surface area (TPSA) is 124 Å². The summed E-state index contributed by atoms with van der Waals surface area (Å²) in [5.41, 5.74) is -0.188. The predicted molar refractivity (Wildman–Crippen MR) is 128 cm³/mol. The van der Waals surface area contributed by atoms with Crippen LogP contribution in [0.15, 0.2) is 42.0 Å². The fourth-order valence-electron chi connectivity index (χ4n) is 3.63. The average Bonchev–Trinajstić information content (AvgIpc) is 3.62. The molecular formula is C22H18F3N9O2S. The van der Waals surface area contributed by atoms with E-state index in [9.17, 15) is 22.8 Å². The Morgan fingerprint density at radius 2 is 1.70 bits per heavy atom. The molecule has 0 aliphatic heterocycles. The van der Waals surface area contributed by atoms with Crippen LogP contribution in [0.3, 0.4) is 0 Å². The van der Waals surface area contributed by atoms with Gasteiger partial charge in [0.15, 0.2) is 17.0 Å². The number of fused-ring (bicyclic) bond motifs is 1. The number of aryl methyl sites for hydroxylation is 2. The number of rotatable bonds is 5. The van der Waals surface area contributed by atoms with Crippen molar-refractivity contribution < 1.29 is 22.8 Å². The molecule has 37 heavy (non-hydrogen) atoms. The Labute approximate surface area is 210 Å². The highest BCUT2D eigenvalue weighted by Crippen LogP contribution is 2.33. The van der Waals surface area contributed by atoms with Crippen molar-refractivity contribution in [2.75, 3.05) is 10.6 Å². The van der Waals surface area contributed by atoms with E-state index in [1.54, 1.807) is 36.2 Å². The van der Waals surface area contributed by atoms with E-state index >= 15 is 0 Å². The number of anilines is 2. The van der Waals surface area contributed by atoms with Gasteiger partial charge in [-0.2, -0.15) is 28.5 Å². The third-order valence-electron chi connectivity index (χ3n) is 5.61. The first-order valence-corrected chi connectivity index (χ1v) is 11.6. The number of halogens is 3. The van der Waals surface area contributed by atoms with Gasteiger partial charge in [-0.05, 0) is 24.4 Å². The van der Waals surface area contributed by atoms with Gasteiger partial charge >= 0.3 is 6.18 Å². The standard InChI is InChI=1S/C22H18F3N9O2S/c1-11-14(9-26-32(11)2)29-21(36)19-15(10-27-33(19)3)30-20(35)13-8-18-28-12(16-5-4-6-37-16)7-17(22(23,24)25)34(18)31-13/h4-10H,1-3H3,(H,29,36)(H,30,35). The minimum atomic E-state index is -4.74. The zero-order valence-electron chi connectivity index (χ0n) is 19.5. The number of nitrogens with one attached hydrogen (secondary N) is 2. The Kier molecular flexibility index (Phi) is 5.78. The Balaban J connectivity index is 1.47. The lowest BCUT2D eigenvalue weighted by atomic mass is 10.2. The van der Waals surface area contributed by atoms with Crippen LogP contribution in [0.1, 0.15) is 32.4 Å². The van der Waals surface area contributed by atoms with Crippen LogP contribution in [0.4, 0.5) is 24.5 Å². The van der Waals surface area contributed by atoms with Crippen molar-refractivity contribution in [2.24, 2.45) is 14.1 Å². The van der Waals surface area contributed by atoms with E-state index in [2.05, 4.69) is 30.9 Å². The molecule has 5 aromatic heterocycles. The van der Waals surface area contributed by atoms with Crippen molar-refractivity contribution in [1.29, 1.82) is 0 Å². The Morgan fingerprint density at radius 3 is 2.35 bits per heavy atom. The molecule has 0 radical (unpaired) electrons. The number of carbonyl (C=O) groups is 2. The molecule has 190 valence electrons. The van der Waals surface area contributed by atoms with Crippen LogP contribution in [-0.2, 0) is 20.3 Å². The third kappa shape index (κ3) is 4.44. The molecule has 5 rings (SSSR count). The molecule has 2 amide bonds. The molecule has 5 heterocycles. The minimum Gasteiger partial charge on any atom is -0.318 e. The molecule has 2 N–H and O–H groups in total. The number of hydrogen-bond acceptors (Lipinski definition) is 7. The lowest BCUT2D eigenvalue weighted by Gasteiger charge is -2.10. The first kappa shape index (κ1) is 24.2. The molecule has 0 fully saturated rings. The maximum absolute atomic E-state index is 13.8. The molecule has 0 aliphatic rings. The van der Waals surface area contributed by atoms with Crippen LogP contribution in [0.5, 0.6) is 0 Å². The molecule has 0 spiro atoms. The van der Waals surface area contributed by atoms with Crippen LogP contribution in [-0.4, -0.2) is 46.0 Å². The van der Waals surface area contributed by atoms with Gasteiger partial charge in [-0.15, -0.1) is 11.3 Å². The summed E-state index contributed by atoms with van der Waals surface area (Å²) in [6.45, 7) is 1.77. The summed E-state index contributed by atoms with van der Waals surface area (Å²) in [7, 11) is 3.23. The normalized spacial score (nSPS) is 11.7. The van der Waals surface area contributed by atoms with E-state index in [1.807, 2.05) is 0 Å². The summed E-state index contributed by atoms with van der Waals surface area (Å²) in [6.07, 6.45) is -2.01. The molecule has 0 aromatic carbocycles. The van der Waals surface area contributed by atoms with Gasteiger partial charge in [0.2, 0.25) is 0 Å². The van der Waals surface area contributed by atoms with Crippen molar-refractivity contribution in [3.05, 3.63) is 64.8 Å². The fraction of sp³-hybridized carbons (Fsp3) is 0.182. The van der Waals surface area contributed by atoms with Crippen molar-refractivity contribution in [1.82, 2.24) is 34.2 Å². The lowest BCUT2D eigenvalue weighted by molar-refractivity contribution is -0.142. The van der Waals surface area contributed by atoms with E-state index in [0.717, 1.165) is 12.1 Å². The highest BCUT2D eigenvalue weighted by molar-refractivity contribution is 7.13. The largest absolute Gasteiger partial charge is 0.433 e. The van der Waals surface area contributed by atoms with Crippen molar-refractivity contribution in [3.8, 4) is 10.6 Å². The molecule has 0 atom stereocenters. The summed E-state index contributed by atoms with van der Waals surface area (Å²) < 4.78 is 44.8. The molecule has 5 aromatic rings. The first-order valence-electron chi connectivity index (χ1n) is 10.7. The number of hydrogen-bond donors (Lipinski definition) is 2. The van der Waals surface area contributed by atoms with Crippen LogP contribution in [0.2, 0.25) is 0 Å². The number of amides is 2. The zero-order valence-corrected chi connectivity index (χ0v) is 20.3. The van der Waals surface area contributed by atoms with Crippen molar-refractivity contribution >= 4 is 40.2 Å². The van der Waals surface area contributed by atoms with Crippen molar-refractivity contribution in [3.63, 3.8) is 0 Å². The molecule has 0 unspecified atom stereocenters. The van der Waals surface area contributed by atoms with Crippen LogP contribution in [0, 0.1) is 6.92 Å².